The molecule has 0 bridgehead atoms. The van der Waals surface area contributed by atoms with E-state index in [2.05, 4.69) is 35.8 Å². The van der Waals surface area contributed by atoms with Crippen molar-refractivity contribution < 1.29 is 9.53 Å². The summed E-state index contributed by atoms with van der Waals surface area (Å²) in [4.78, 5) is 25.1. The van der Waals surface area contributed by atoms with Crippen LogP contribution in [-0.4, -0.2) is 62.2 Å². The molecule has 1 aromatic heterocycles. The van der Waals surface area contributed by atoms with Gasteiger partial charge in [0.2, 0.25) is 0 Å². The maximum absolute atomic E-state index is 13.5. The van der Waals surface area contributed by atoms with E-state index in [-0.39, 0.29) is 5.91 Å². The Labute approximate surface area is 196 Å². The highest BCUT2D eigenvalue weighted by Gasteiger charge is 2.23. The zero-order valence-electron chi connectivity index (χ0n) is 20.0. The zero-order chi connectivity index (χ0) is 23.2. The molecule has 0 unspecified atom stereocenters. The van der Waals surface area contributed by atoms with Gasteiger partial charge in [0.05, 0.1) is 18.2 Å². The molecule has 1 saturated heterocycles. The van der Waals surface area contributed by atoms with Crippen molar-refractivity contribution in [2.24, 2.45) is 0 Å². The first-order valence-electron chi connectivity index (χ1n) is 12.0. The Bertz CT molecular complexity index is 1070. The summed E-state index contributed by atoms with van der Waals surface area (Å²) in [6, 6.07) is 18.2. The molecule has 33 heavy (non-hydrogen) atoms. The van der Waals surface area contributed by atoms with E-state index >= 15 is 0 Å². The minimum Gasteiger partial charge on any atom is -0.497 e. The molecule has 1 amide bonds. The molecule has 6 nitrogen and oxygen atoms in total. The molecule has 1 aliphatic rings. The van der Waals surface area contributed by atoms with Gasteiger partial charge in [-0.15, -0.1) is 0 Å². The van der Waals surface area contributed by atoms with Gasteiger partial charge in [0.15, 0.2) is 0 Å². The van der Waals surface area contributed by atoms with Crippen LogP contribution in [0, 0.1) is 0 Å². The van der Waals surface area contributed by atoms with E-state index in [1.54, 1.807) is 7.11 Å². The number of carbonyl (C=O) groups excluding carboxylic acids is 1. The Kier molecular flexibility index (Phi) is 7.33. The smallest absolute Gasteiger partial charge is 0.254 e. The third kappa shape index (κ3) is 5.05. The summed E-state index contributed by atoms with van der Waals surface area (Å²) < 4.78 is 5.28. The maximum atomic E-state index is 13.5. The molecule has 6 heteroatoms. The first-order valence-corrected chi connectivity index (χ1v) is 12.0. The van der Waals surface area contributed by atoms with E-state index in [1.807, 2.05) is 47.4 Å². The summed E-state index contributed by atoms with van der Waals surface area (Å²) in [6.45, 7) is 9.32. The van der Waals surface area contributed by atoms with Gasteiger partial charge in [-0.1, -0.05) is 32.0 Å². The number of piperazine rings is 1. The van der Waals surface area contributed by atoms with Crippen molar-refractivity contribution in [3.05, 3.63) is 60.2 Å². The monoisotopic (exact) mass is 446 g/mol. The van der Waals surface area contributed by atoms with Crippen LogP contribution in [0.2, 0.25) is 0 Å². The fraction of sp³-hybridized carbons (Fsp3) is 0.407. The maximum Gasteiger partial charge on any atom is 0.254 e. The average Bonchev–Trinajstić information content (AvgIpc) is 2.87. The van der Waals surface area contributed by atoms with Crippen molar-refractivity contribution in [2.75, 3.05) is 56.2 Å². The molecule has 0 atom stereocenters. The fourth-order valence-electron chi connectivity index (χ4n) is 4.51. The molecule has 0 aliphatic carbocycles. The Hall–Kier alpha value is -3.28. The van der Waals surface area contributed by atoms with Gasteiger partial charge in [0.25, 0.3) is 5.91 Å². The van der Waals surface area contributed by atoms with Crippen molar-refractivity contribution in [3.63, 3.8) is 0 Å². The number of hydrogen-bond donors (Lipinski definition) is 0. The highest BCUT2D eigenvalue weighted by molar-refractivity contribution is 6.07. The van der Waals surface area contributed by atoms with Gasteiger partial charge in [-0.3, -0.25) is 4.79 Å². The van der Waals surface area contributed by atoms with Crippen molar-refractivity contribution in [2.45, 2.75) is 26.7 Å². The lowest BCUT2D eigenvalue weighted by Crippen LogP contribution is -2.47. The normalized spacial score (nSPS) is 13.9. The highest BCUT2D eigenvalue weighted by Crippen LogP contribution is 2.27. The minimum atomic E-state index is 0.107. The third-order valence-corrected chi connectivity index (χ3v) is 6.25. The fourth-order valence-corrected chi connectivity index (χ4v) is 4.51. The van der Waals surface area contributed by atoms with E-state index < -0.39 is 0 Å². The van der Waals surface area contributed by atoms with Crippen molar-refractivity contribution >= 4 is 28.3 Å². The Morgan fingerprint density at radius 3 is 2.21 bits per heavy atom. The summed E-state index contributed by atoms with van der Waals surface area (Å²) in [5, 5.41) is 0.931. The molecule has 3 aromatic rings. The number of fused-ring (bicyclic) bond motifs is 1. The molecule has 0 saturated carbocycles. The molecular formula is C27H34N4O2. The first-order chi connectivity index (χ1) is 16.1. The zero-order valence-corrected chi connectivity index (χ0v) is 20.0. The van der Waals surface area contributed by atoms with Crippen LogP contribution in [0.3, 0.4) is 0 Å². The van der Waals surface area contributed by atoms with Crippen molar-refractivity contribution in [1.82, 2.24) is 9.88 Å². The van der Waals surface area contributed by atoms with Crippen molar-refractivity contribution in [1.29, 1.82) is 0 Å². The van der Waals surface area contributed by atoms with Crippen LogP contribution < -0.4 is 14.5 Å². The number of carbonyl (C=O) groups is 1. The van der Waals surface area contributed by atoms with Crippen LogP contribution in [-0.2, 0) is 0 Å². The van der Waals surface area contributed by atoms with Crippen molar-refractivity contribution in [3.8, 4) is 5.75 Å². The predicted octanol–water partition coefficient (Wildman–Crippen LogP) is 4.83. The Morgan fingerprint density at radius 1 is 0.939 bits per heavy atom. The Balaban J connectivity index is 1.57. The second-order valence-electron chi connectivity index (χ2n) is 8.51. The van der Waals surface area contributed by atoms with Crippen LogP contribution in [0.5, 0.6) is 5.75 Å². The summed E-state index contributed by atoms with van der Waals surface area (Å²) in [5.41, 5.74) is 2.84. The van der Waals surface area contributed by atoms with Crippen LogP contribution in [0.1, 0.15) is 37.0 Å². The summed E-state index contributed by atoms with van der Waals surface area (Å²) in [5.74, 6) is 1.87. The topological polar surface area (TPSA) is 48.9 Å². The number of hydrogen-bond acceptors (Lipinski definition) is 5. The quantitative estimate of drug-likeness (QED) is 0.496. The van der Waals surface area contributed by atoms with Crippen LogP contribution >= 0.6 is 0 Å². The van der Waals surface area contributed by atoms with E-state index in [4.69, 9.17) is 9.72 Å². The van der Waals surface area contributed by atoms with Crippen LogP contribution in [0.15, 0.2) is 54.6 Å². The van der Waals surface area contributed by atoms with Crippen LogP contribution in [0.25, 0.3) is 10.9 Å². The molecule has 2 heterocycles. The number of amides is 1. The summed E-state index contributed by atoms with van der Waals surface area (Å²) in [7, 11) is 1.69. The molecule has 0 N–H and O–H groups in total. The Morgan fingerprint density at radius 2 is 1.58 bits per heavy atom. The molecular weight excluding hydrogens is 412 g/mol. The molecule has 2 aromatic carbocycles. The number of para-hydroxylation sites is 1. The van der Waals surface area contributed by atoms with Gasteiger partial charge >= 0.3 is 0 Å². The number of benzene rings is 2. The lowest BCUT2D eigenvalue weighted by molar-refractivity contribution is 0.0757. The number of methoxy groups -OCH3 is 1. The molecule has 0 spiro atoms. The number of rotatable bonds is 8. The summed E-state index contributed by atoms with van der Waals surface area (Å²) >= 11 is 0. The van der Waals surface area contributed by atoms with Gasteiger partial charge in [-0.2, -0.15) is 0 Å². The van der Waals surface area contributed by atoms with E-state index in [1.165, 1.54) is 5.69 Å². The van der Waals surface area contributed by atoms with Gasteiger partial charge in [0, 0.05) is 50.3 Å². The average molecular weight is 447 g/mol. The molecule has 4 rings (SSSR count). The number of pyridine rings is 1. The molecule has 0 radical (unpaired) electrons. The standard InChI is InChI=1S/C27H34N4O2/c1-4-14-31(15-5-2)27(32)24-20-26(28-25-9-7-6-8-23(24)25)30-18-16-29(17-19-30)21-10-12-22(33-3)13-11-21/h6-13,20H,4-5,14-19H2,1-3H3. The van der Waals surface area contributed by atoms with Gasteiger partial charge in [0.1, 0.15) is 11.6 Å². The highest BCUT2D eigenvalue weighted by atomic mass is 16.5. The molecule has 174 valence electrons. The van der Waals surface area contributed by atoms with Gasteiger partial charge in [-0.25, -0.2) is 4.98 Å². The molecule has 1 fully saturated rings. The van der Waals surface area contributed by atoms with E-state index in [0.29, 0.717) is 0 Å². The SMILES string of the molecule is CCCN(CCC)C(=O)c1cc(N2CCN(c3ccc(OC)cc3)CC2)nc2ccccc12. The third-order valence-electron chi connectivity index (χ3n) is 6.25. The van der Waals surface area contributed by atoms with Gasteiger partial charge in [-0.05, 0) is 49.2 Å². The second kappa shape index (κ2) is 10.6. The molecule has 1 aliphatic heterocycles. The second-order valence-corrected chi connectivity index (χ2v) is 8.51. The predicted molar refractivity (Wildman–Crippen MR) is 136 cm³/mol. The number of anilines is 2. The number of nitrogens with zero attached hydrogens (tertiary/aromatic N) is 4. The largest absolute Gasteiger partial charge is 0.497 e. The first kappa shape index (κ1) is 22.9. The lowest BCUT2D eigenvalue weighted by Gasteiger charge is -2.37. The minimum absolute atomic E-state index is 0.107. The van der Waals surface area contributed by atoms with Gasteiger partial charge < -0.3 is 19.4 Å². The van der Waals surface area contributed by atoms with E-state index in [0.717, 1.165) is 80.1 Å². The number of aromatic nitrogens is 1. The number of ether oxygens (including phenoxy) is 1. The van der Waals surface area contributed by atoms with Crippen LogP contribution in [0.4, 0.5) is 11.5 Å². The summed E-state index contributed by atoms with van der Waals surface area (Å²) in [6.07, 6.45) is 1.91. The van der Waals surface area contributed by atoms with E-state index in [9.17, 15) is 4.79 Å². The lowest BCUT2D eigenvalue weighted by atomic mass is 10.1.